The van der Waals surface area contributed by atoms with Crippen molar-refractivity contribution in [3.63, 3.8) is 0 Å². The summed E-state index contributed by atoms with van der Waals surface area (Å²) < 4.78 is 0. The van der Waals surface area contributed by atoms with Gasteiger partial charge in [-0.15, -0.1) is 0 Å². The summed E-state index contributed by atoms with van der Waals surface area (Å²) in [5.41, 5.74) is 0.911. The fourth-order valence-electron chi connectivity index (χ4n) is 2.93. The van der Waals surface area contributed by atoms with Gasteiger partial charge in [0.1, 0.15) is 11.5 Å². The molecule has 0 heterocycles. The minimum atomic E-state index is -0.0461. The van der Waals surface area contributed by atoms with Crippen molar-refractivity contribution in [2.45, 2.75) is 59.5 Å². The number of rotatable bonds is 4. The van der Waals surface area contributed by atoms with Gasteiger partial charge in [0, 0.05) is 17.1 Å². The van der Waals surface area contributed by atoms with Crippen LogP contribution >= 0.6 is 0 Å². The third-order valence-electron chi connectivity index (χ3n) is 3.06. The molecule has 0 saturated heterocycles. The first-order valence-electron chi connectivity index (χ1n) is 6.80. The average molecular weight is 265 g/mol. The quantitative estimate of drug-likeness (QED) is 0.722. The van der Waals surface area contributed by atoms with Crippen molar-refractivity contribution < 1.29 is 10.2 Å². The lowest BCUT2D eigenvalue weighted by atomic mass is 9.81. The van der Waals surface area contributed by atoms with Gasteiger partial charge in [0.05, 0.1) is 0 Å². The highest BCUT2D eigenvalue weighted by atomic mass is 16.3. The van der Waals surface area contributed by atoms with Crippen molar-refractivity contribution in [1.29, 1.82) is 0 Å². The Bertz CT molecular complexity index is 433. The van der Waals surface area contributed by atoms with Gasteiger partial charge in [0.15, 0.2) is 0 Å². The van der Waals surface area contributed by atoms with E-state index in [0.717, 1.165) is 12.0 Å². The molecule has 1 aromatic rings. The van der Waals surface area contributed by atoms with E-state index in [1.54, 1.807) is 6.07 Å². The number of benzene rings is 1. The predicted octanol–water partition coefficient (Wildman–Crippen LogP) is 3.96. The summed E-state index contributed by atoms with van der Waals surface area (Å²) in [5, 5.41) is 22.9. The Hall–Kier alpha value is -1.22. The highest BCUT2D eigenvalue weighted by molar-refractivity contribution is 5.40. The standard InChI is InChI=1S/C16H27NO2/c1-11(13-9-12(18)7-8-14(13)19)17-16(5,6)10-15(2,3)4/h7-9,11,17-19H,10H2,1-6H3. The van der Waals surface area contributed by atoms with Crippen molar-refractivity contribution in [2.24, 2.45) is 5.41 Å². The molecule has 0 spiro atoms. The van der Waals surface area contributed by atoms with E-state index in [1.165, 1.54) is 12.1 Å². The first kappa shape index (κ1) is 15.8. The van der Waals surface area contributed by atoms with Crippen molar-refractivity contribution in [3.05, 3.63) is 23.8 Å². The van der Waals surface area contributed by atoms with Gasteiger partial charge in [0.25, 0.3) is 0 Å². The Morgan fingerprint density at radius 2 is 1.68 bits per heavy atom. The molecule has 0 bridgehead atoms. The molecule has 0 amide bonds. The Labute approximate surface area is 116 Å². The Morgan fingerprint density at radius 1 is 1.11 bits per heavy atom. The molecule has 3 N–H and O–H groups in total. The second-order valence-corrected chi connectivity index (χ2v) is 7.23. The Balaban J connectivity index is 2.84. The van der Waals surface area contributed by atoms with Crippen molar-refractivity contribution >= 4 is 0 Å². The molecule has 0 aliphatic carbocycles. The summed E-state index contributed by atoms with van der Waals surface area (Å²) in [5.74, 6) is 0.388. The number of phenols is 2. The van der Waals surface area contributed by atoms with Gasteiger partial charge >= 0.3 is 0 Å². The van der Waals surface area contributed by atoms with Crippen molar-refractivity contribution in [2.75, 3.05) is 0 Å². The van der Waals surface area contributed by atoms with Gasteiger partial charge in [-0.25, -0.2) is 0 Å². The molecule has 1 aromatic carbocycles. The van der Waals surface area contributed by atoms with Gasteiger partial charge in [-0.2, -0.15) is 0 Å². The molecule has 0 aliphatic rings. The van der Waals surface area contributed by atoms with E-state index in [1.807, 2.05) is 6.92 Å². The van der Waals surface area contributed by atoms with E-state index < -0.39 is 0 Å². The minimum absolute atomic E-state index is 0.0237. The molecule has 3 nitrogen and oxygen atoms in total. The molecule has 0 aliphatic heterocycles. The van der Waals surface area contributed by atoms with Crippen LogP contribution in [0.5, 0.6) is 11.5 Å². The fraction of sp³-hybridized carbons (Fsp3) is 0.625. The first-order chi connectivity index (χ1) is 8.50. The highest BCUT2D eigenvalue weighted by Gasteiger charge is 2.27. The molecule has 1 rings (SSSR count). The van der Waals surface area contributed by atoms with Crippen LogP contribution in [0.4, 0.5) is 0 Å². The summed E-state index contributed by atoms with van der Waals surface area (Å²) in [6.07, 6.45) is 1.02. The van der Waals surface area contributed by atoms with Crippen LogP contribution in [0.15, 0.2) is 18.2 Å². The van der Waals surface area contributed by atoms with Crippen LogP contribution in [-0.2, 0) is 0 Å². The number of aromatic hydroxyl groups is 2. The maximum Gasteiger partial charge on any atom is 0.120 e. The van der Waals surface area contributed by atoms with Crippen LogP contribution in [0.25, 0.3) is 0 Å². The summed E-state index contributed by atoms with van der Waals surface area (Å²) in [7, 11) is 0. The Morgan fingerprint density at radius 3 is 2.21 bits per heavy atom. The molecule has 0 saturated carbocycles. The molecule has 108 valence electrons. The molecule has 1 atom stereocenters. The zero-order chi connectivity index (χ0) is 14.8. The number of nitrogens with one attached hydrogen (secondary N) is 1. The summed E-state index contributed by atoms with van der Waals surface area (Å²) >= 11 is 0. The van der Waals surface area contributed by atoms with E-state index in [9.17, 15) is 10.2 Å². The van der Waals surface area contributed by atoms with Gasteiger partial charge in [-0.1, -0.05) is 20.8 Å². The lowest BCUT2D eigenvalue weighted by molar-refractivity contribution is 0.225. The zero-order valence-corrected chi connectivity index (χ0v) is 12.9. The summed E-state index contributed by atoms with van der Waals surface area (Å²) in [4.78, 5) is 0. The SMILES string of the molecule is CC(NC(C)(C)CC(C)(C)C)c1cc(O)ccc1O. The number of hydrogen-bond acceptors (Lipinski definition) is 3. The third kappa shape index (κ3) is 5.11. The lowest BCUT2D eigenvalue weighted by Gasteiger charge is -2.36. The van der Waals surface area contributed by atoms with Gasteiger partial charge in [-0.05, 0) is 50.8 Å². The molecular formula is C16H27NO2. The van der Waals surface area contributed by atoms with Crippen LogP contribution < -0.4 is 5.32 Å². The lowest BCUT2D eigenvalue weighted by Crippen LogP contribution is -2.43. The van der Waals surface area contributed by atoms with E-state index in [0.29, 0.717) is 0 Å². The summed E-state index contributed by atoms with van der Waals surface area (Å²) in [6.45, 7) is 13.0. The predicted molar refractivity (Wildman–Crippen MR) is 79.5 cm³/mol. The molecule has 19 heavy (non-hydrogen) atoms. The minimum Gasteiger partial charge on any atom is -0.508 e. The van der Waals surface area contributed by atoms with Crippen LogP contribution in [-0.4, -0.2) is 15.8 Å². The number of phenolic OH excluding ortho intramolecular Hbond substituents is 2. The maximum absolute atomic E-state index is 9.88. The smallest absolute Gasteiger partial charge is 0.120 e. The van der Waals surface area contributed by atoms with Crippen molar-refractivity contribution in [1.82, 2.24) is 5.32 Å². The van der Waals surface area contributed by atoms with Crippen LogP contribution in [0, 0.1) is 5.41 Å². The Kier molecular flexibility index (Phi) is 4.51. The summed E-state index contributed by atoms with van der Waals surface area (Å²) in [6, 6.07) is 4.61. The largest absolute Gasteiger partial charge is 0.508 e. The van der Waals surface area contributed by atoms with Crippen LogP contribution in [0.2, 0.25) is 0 Å². The third-order valence-corrected chi connectivity index (χ3v) is 3.06. The van der Waals surface area contributed by atoms with Gasteiger partial charge in [0.2, 0.25) is 0 Å². The second-order valence-electron chi connectivity index (χ2n) is 7.23. The molecule has 0 radical (unpaired) electrons. The number of hydrogen-bond donors (Lipinski definition) is 3. The van der Waals surface area contributed by atoms with Gasteiger partial charge in [-0.3, -0.25) is 0 Å². The molecule has 1 unspecified atom stereocenters. The highest BCUT2D eigenvalue weighted by Crippen LogP contribution is 2.32. The topological polar surface area (TPSA) is 52.5 Å². The molecule has 0 aromatic heterocycles. The first-order valence-corrected chi connectivity index (χ1v) is 6.80. The normalized spacial score (nSPS) is 14.4. The van der Waals surface area contributed by atoms with Crippen molar-refractivity contribution in [3.8, 4) is 11.5 Å². The molecular weight excluding hydrogens is 238 g/mol. The fourth-order valence-corrected chi connectivity index (χ4v) is 2.93. The van der Waals surface area contributed by atoms with E-state index in [-0.39, 0.29) is 28.5 Å². The van der Waals surface area contributed by atoms with Crippen LogP contribution in [0.1, 0.15) is 59.6 Å². The molecule has 0 fully saturated rings. The van der Waals surface area contributed by atoms with E-state index in [2.05, 4.69) is 39.9 Å². The molecule has 3 heteroatoms. The van der Waals surface area contributed by atoms with Gasteiger partial charge < -0.3 is 15.5 Å². The average Bonchev–Trinajstić information content (AvgIpc) is 2.16. The monoisotopic (exact) mass is 265 g/mol. The van der Waals surface area contributed by atoms with E-state index >= 15 is 0 Å². The zero-order valence-electron chi connectivity index (χ0n) is 12.9. The van der Waals surface area contributed by atoms with Crippen LogP contribution in [0.3, 0.4) is 0 Å². The van der Waals surface area contributed by atoms with E-state index in [4.69, 9.17) is 0 Å². The maximum atomic E-state index is 9.88. The second kappa shape index (κ2) is 5.41.